The smallest absolute Gasteiger partial charge is 0.255 e. The summed E-state index contributed by atoms with van der Waals surface area (Å²) in [4.78, 5) is 32.1. The van der Waals surface area contributed by atoms with Crippen LogP contribution in [0, 0.1) is 13.8 Å². The molecule has 0 aliphatic rings. The molecule has 0 atom stereocenters. The van der Waals surface area contributed by atoms with Gasteiger partial charge in [-0.3, -0.25) is 9.59 Å². The second kappa shape index (κ2) is 9.43. The van der Waals surface area contributed by atoms with Crippen LogP contribution in [-0.4, -0.2) is 23.0 Å². The molecule has 3 rings (SSSR count). The summed E-state index contributed by atoms with van der Waals surface area (Å²) < 4.78 is 5.23. The number of methoxy groups -OCH3 is 1. The Hall–Kier alpha value is -3.06. The largest absolute Gasteiger partial charge is 0.497 e. The van der Waals surface area contributed by atoms with E-state index in [0.29, 0.717) is 27.9 Å². The molecule has 0 saturated carbocycles. The highest BCUT2D eigenvalue weighted by Crippen LogP contribution is 2.22. The molecule has 0 spiro atoms. The summed E-state index contributed by atoms with van der Waals surface area (Å²) in [5.74, 6) is 1.18. The first-order valence-corrected chi connectivity index (χ1v) is 10.1. The molecular formula is C22H23N3O3S. The number of aryl methyl sites for hydroxylation is 2. The third-order valence-electron chi connectivity index (χ3n) is 4.38. The third-order valence-corrected chi connectivity index (χ3v) is 5.33. The van der Waals surface area contributed by atoms with Crippen LogP contribution in [-0.2, 0) is 17.0 Å². The van der Waals surface area contributed by atoms with Gasteiger partial charge in [-0.05, 0) is 43.7 Å². The number of hydrogen-bond acceptors (Lipinski definition) is 5. The summed E-state index contributed by atoms with van der Waals surface area (Å²) in [6.07, 6.45) is -0.0249. The zero-order valence-electron chi connectivity index (χ0n) is 16.6. The standard InChI is InChI=1S/C22H23N3O3S/c1-14-7-9-17(10-8-14)24-20(26)12-19-15(2)23-22(25-21(19)27)29-13-16-5-4-6-18(11-16)28-3/h4-11H,12-13H2,1-3H3,(H,24,26)(H,23,25,27). The molecule has 0 fully saturated rings. The van der Waals surface area contributed by atoms with E-state index in [2.05, 4.69) is 15.3 Å². The molecule has 2 N–H and O–H groups in total. The van der Waals surface area contributed by atoms with E-state index in [9.17, 15) is 9.59 Å². The normalized spacial score (nSPS) is 10.6. The van der Waals surface area contributed by atoms with Crippen molar-refractivity contribution >= 4 is 23.4 Å². The van der Waals surface area contributed by atoms with Crippen LogP contribution in [0.25, 0.3) is 0 Å². The minimum absolute atomic E-state index is 0.0249. The lowest BCUT2D eigenvalue weighted by Gasteiger charge is -2.09. The van der Waals surface area contributed by atoms with Crippen molar-refractivity contribution in [3.05, 3.63) is 81.3 Å². The number of hydrogen-bond donors (Lipinski definition) is 2. The zero-order valence-corrected chi connectivity index (χ0v) is 17.4. The van der Waals surface area contributed by atoms with Crippen LogP contribution in [0.2, 0.25) is 0 Å². The molecule has 1 amide bonds. The summed E-state index contributed by atoms with van der Waals surface area (Å²) in [5, 5.41) is 3.33. The maximum Gasteiger partial charge on any atom is 0.255 e. The second-order valence-corrected chi connectivity index (χ2v) is 7.63. The minimum atomic E-state index is -0.287. The zero-order chi connectivity index (χ0) is 20.8. The fraction of sp³-hybridized carbons (Fsp3) is 0.227. The number of aromatic amines is 1. The number of nitrogens with zero attached hydrogens (tertiary/aromatic N) is 1. The predicted molar refractivity (Wildman–Crippen MR) is 116 cm³/mol. The molecule has 0 aliphatic carbocycles. The summed E-state index contributed by atoms with van der Waals surface area (Å²) in [6, 6.07) is 15.3. The van der Waals surface area contributed by atoms with Crippen molar-refractivity contribution in [1.29, 1.82) is 0 Å². The average Bonchev–Trinajstić information content (AvgIpc) is 2.71. The molecule has 6 nitrogen and oxygen atoms in total. The van der Waals surface area contributed by atoms with Crippen LogP contribution in [0.15, 0.2) is 58.5 Å². The van der Waals surface area contributed by atoms with Crippen molar-refractivity contribution < 1.29 is 9.53 Å². The molecule has 0 unspecified atom stereocenters. The fourth-order valence-electron chi connectivity index (χ4n) is 2.78. The number of amides is 1. The van der Waals surface area contributed by atoms with E-state index < -0.39 is 0 Å². The van der Waals surface area contributed by atoms with Crippen LogP contribution in [0.1, 0.15) is 22.4 Å². The highest BCUT2D eigenvalue weighted by atomic mass is 32.2. The van der Waals surface area contributed by atoms with Gasteiger partial charge >= 0.3 is 0 Å². The van der Waals surface area contributed by atoms with Crippen molar-refractivity contribution in [1.82, 2.24) is 9.97 Å². The van der Waals surface area contributed by atoms with E-state index in [-0.39, 0.29) is 17.9 Å². The van der Waals surface area contributed by atoms with E-state index in [4.69, 9.17) is 4.74 Å². The number of thioether (sulfide) groups is 1. The maximum absolute atomic E-state index is 12.5. The lowest BCUT2D eigenvalue weighted by atomic mass is 10.1. The summed E-state index contributed by atoms with van der Waals surface area (Å²) >= 11 is 1.43. The van der Waals surface area contributed by atoms with E-state index in [1.807, 2.05) is 55.5 Å². The Balaban J connectivity index is 1.66. The first-order chi connectivity index (χ1) is 13.9. The minimum Gasteiger partial charge on any atom is -0.497 e. The van der Waals surface area contributed by atoms with E-state index >= 15 is 0 Å². The van der Waals surface area contributed by atoms with Crippen LogP contribution in [0.5, 0.6) is 5.75 Å². The molecule has 0 radical (unpaired) electrons. The molecule has 1 heterocycles. The van der Waals surface area contributed by atoms with Crippen molar-refractivity contribution in [2.45, 2.75) is 31.2 Å². The topological polar surface area (TPSA) is 84.1 Å². The number of benzene rings is 2. The quantitative estimate of drug-likeness (QED) is 0.457. The first kappa shape index (κ1) is 20.7. The van der Waals surface area contributed by atoms with Crippen molar-refractivity contribution in [3.8, 4) is 5.75 Å². The molecule has 29 heavy (non-hydrogen) atoms. The van der Waals surface area contributed by atoms with Crippen LogP contribution in [0.3, 0.4) is 0 Å². The lowest BCUT2D eigenvalue weighted by molar-refractivity contribution is -0.115. The molecule has 3 aromatic rings. The third kappa shape index (κ3) is 5.71. The predicted octanol–water partition coefficient (Wildman–Crippen LogP) is 3.87. The molecular weight excluding hydrogens is 386 g/mol. The molecule has 7 heteroatoms. The lowest BCUT2D eigenvalue weighted by Crippen LogP contribution is -2.23. The number of aromatic nitrogens is 2. The van der Waals surface area contributed by atoms with Crippen LogP contribution >= 0.6 is 11.8 Å². The Kier molecular flexibility index (Phi) is 6.72. The average molecular weight is 410 g/mol. The van der Waals surface area contributed by atoms with Gasteiger partial charge in [0, 0.05) is 22.7 Å². The first-order valence-electron chi connectivity index (χ1n) is 9.16. The summed E-state index contributed by atoms with van der Waals surface area (Å²) in [7, 11) is 1.63. The van der Waals surface area contributed by atoms with Gasteiger partial charge in [0.15, 0.2) is 5.16 Å². The maximum atomic E-state index is 12.5. The monoisotopic (exact) mass is 409 g/mol. The van der Waals surface area contributed by atoms with Gasteiger partial charge in [0.05, 0.1) is 13.5 Å². The van der Waals surface area contributed by atoms with Gasteiger partial charge in [0.2, 0.25) is 5.91 Å². The molecule has 0 bridgehead atoms. The summed E-state index contributed by atoms with van der Waals surface area (Å²) in [5.41, 5.74) is 3.52. The van der Waals surface area contributed by atoms with E-state index in [1.165, 1.54) is 11.8 Å². The van der Waals surface area contributed by atoms with Gasteiger partial charge in [-0.15, -0.1) is 0 Å². The van der Waals surface area contributed by atoms with E-state index in [1.54, 1.807) is 14.0 Å². The van der Waals surface area contributed by atoms with Crippen molar-refractivity contribution in [2.24, 2.45) is 0 Å². The summed E-state index contributed by atoms with van der Waals surface area (Å²) in [6.45, 7) is 3.73. The van der Waals surface area contributed by atoms with Gasteiger partial charge in [-0.2, -0.15) is 0 Å². The molecule has 150 valence electrons. The fourth-order valence-corrected chi connectivity index (χ4v) is 3.63. The molecule has 0 aliphatic heterocycles. The number of anilines is 1. The van der Waals surface area contributed by atoms with Crippen LogP contribution < -0.4 is 15.6 Å². The van der Waals surface area contributed by atoms with Crippen LogP contribution in [0.4, 0.5) is 5.69 Å². The Morgan fingerprint density at radius 2 is 1.93 bits per heavy atom. The molecule has 0 saturated heterocycles. The number of carbonyl (C=O) groups excluding carboxylic acids is 1. The Bertz CT molecular complexity index is 1060. The Morgan fingerprint density at radius 3 is 2.62 bits per heavy atom. The van der Waals surface area contributed by atoms with Gasteiger partial charge < -0.3 is 15.0 Å². The van der Waals surface area contributed by atoms with Crippen molar-refractivity contribution in [2.75, 3.05) is 12.4 Å². The number of H-pyrrole nitrogens is 1. The highest BCUT2D eigenvalue weighted by Gasteiger charge is 2.13. The highest BCUT2D eigenvalue weighted by molar-refractivity contribution is 7.98. The number of nitrogens with one attached hydrogen (secondary N) is 2. The number of rotatable bonds is 7. The van der Waals surface area contributed by atoms with E-state index in [0.717, 1.165) is 16.9 Å². The number of ether oxygens (including phenoxy) is 1. The number of carbonyl (C=O) groups is 1. The van der Waals surface area contributed by atoms with Gasteiger partial charge in [-0.1, -0.05) is 41.6 Å². The van der Waals surface area contributed by atoms with Gasteiger partial charge in [-0.25, -0.2) is 4.98 Å². The van der Waals surface area contributed by atoms with Crippen molar-refractivity contribution in [3.63, 3.8) is 0 Å². The van der Waals surface area contributed by atoms with Gasteiger partial charge in [0.25, 0.3) is 5.56 Å². The molecule has 2 aromatic carbocycles. The second-order valence-electron chi connectivity index (χ2n) is 6.67. The molecule has 1 aromatic heterocycles. The SMILES string of the molecule is COc1cccc(CSc2nc(C)c(CC(=O)Nc3ccc(C)cc3)c(=O)[nH]2)c1. The Morgan fingerprint density at radius 1 is 1.17 bits per heavy atom. The Labute approximate surface area is 173 Å². The van der Waals surface area contributed by atoms with Gasteiger partial charge in [0.1, 0.15) is 5.75 Å².